The molecule has 108 valence electrons. The Bertz CT molecular complexity index is 717. The second-order valence-electron chi connectivity index (χ2n) is 4.14. The Labute approximate surface area is 130 Å². The van der Waals surface area contributed by atoms with Crippen molar-refractivity contribution in [3.8, 4) is 5.75 Å². The molecule has 0 aliphatic carbocycles. The first-order chi connectivity index (χ1) is 9.90. The van der Waals surface area contributed by atoms with Crippen LogP contribution in [0.3, 0.4) is 0 Å². The molecule has 0 heterocycles. The van der Waals surface area contributed by atoms with Gasteiger partial charge >= 0.3 is 0 Å². The number of amides is 1. The molecule has 0 spiro atoms. The molecule has 0 atom stereocenters. The summed E-state index contributed by atoms with van der Waals surface area (Å²) in [7, 11) is 0. The van der Waals surface area contributed by atoms with Crippen molar-refractivity contribution in [1.82, 2.24) is 0 Å². The van der Waals surface area contributed by atoms with Gasteiger partial charge < -0.3 is 16.2 Å². The number of phenols is 1. The number of anilines is 1. The predicted octanol–water partition coefficient (Wildman–Crippen LogP) is 3.07. The van der Waals surface area contributed by atoms with Crippen LogP contribution in [0.2, 0.25) is 5.02 Å². The predicted molar refractivity (Wildman–Crippen MR) is 83.4 cm³/mol. The molecule has 0 saturated heterocycles. The number of benzene rings is 2. The van der Waals surface area contributed by atoms with Gasteiger partial charge in [-0.15, -0.1) is 0 Å². The first kappa shape index (κ1) is 15.2. The van der Waals surface area contributed by atoms with Crippen molar-refractivity contribution in [3.05, 3.63) is 58.4 Å². The van der Waals surface area contributed by atoms with E-state index in [0.717, 1.165) is 6.07 Å². The van der Waals surface area contributed by atoms with E-state index in [1.165, 1.54) is 18.2 Å². The Balaban J connectivity index is 2.40. The Morgan fingerprint density at radius 2 is 2.05 bits per heavy atom. The van der Waals surface area contributed by atoms with Gasteiger partial charge in [-0.05, 0) is 30.3 Å². The third kappa shape index (κ3) is 3.29. The molecule has 0 unspecified atom stereocenters. The second kappa shape index (κ2) is 6.07. The Morgan fingerprint density at radius 3 is 2.67 bits per heavy atom. The number of carbonyl (C=O) groups excluding carboxylic acids is 1. The minimum absolute atomic E-state index is 0.0553. The van der Waals surface area contributed by atoms with Gasteiger partial charge in [-0.25, -0.2) is 4.39 Å². The summed E-state index contributed by atoms with van der Waals surface area (Å²) < 4.78 is 13.6. The van der Waals surface area contributed by atoms with Gasteiger partial charge in [0.15, 0.2) is 0 Å². The van der Waals surface area contributed by atoms with Crippen LogP contribution in [0.15, 0.2) is 36.4 Å². The van der Waals surface area contributed by atoms with Crippen molar-refractivity contribution in [3.63, 3.8) is 0 Å². The number of halogens is 2. The van der Waals surface area contributed by atoms with Crippen LogP contribution in [-0.2, 0) is 0 Å². The van der Waals surface area contributed by atoms with E-state index in [1.54, 1.807) is 12.1 Å². The second-order valence-corrected chi connectivity index (χ2v) is 5.02. The van der Waals surface area contributed by atoms with Gasteiger partial charge in [0.05, 0.1) is 5.69 Å². The summed E-state index contributed by atoms with van der Waals surface area (Å²) >= 11 is 10.7. The number of nitrogens with one attached hydrogen (secondary N) is 1. The number of thiocarbonyl (C=S) groups is 1. The molecular weight excluding hydrogens is 315 g/mol. The molecule has 0 aliphatic rings. The Hall–Kier alpha value is -2.18. The van der Waals surface area contributed by atoms with Crippen LogP contribution in [0.25, 0.3) is 0 Å². The lowest BCUT2D eigenvalue weighted by Crippen LogP contribution is -2.18. The van der Waals surface area contributed by atoms with E-state index in [4.69, 9.17) is 29.6 Å². The first-order valence-corrected chi connectivity index (χ1v) is 6.57. The molecule has 2 rings (SSSR count). The van der Waals surface area contributed by atoms with Gasteiger partial charge in [-0.1, -0.05) is 29.9 Å². The van der Waals surface area contributed by atoms with Gasteiger partial charge in [0, 0.05) is 10.6 Å². The molecule has 21 heavy (non-hydrogen) atoms. The quantitative estimate of drug-likeness (QED) is 0.758. The molecular formula is C14H10ClFN2O2S. The highest BCUT2D eigenvalue weighted by atomic mass is 35.5. The highest BCUT2D eigenvalue weighted by molar-refractivity contribution is 7.80. The van der Waals surface area contributed by atoms with Crippen molar-refractivity contribution in [2.75, 3.05) is 5.32 Å². The summed E-state index contributed by atoms with van der Waals surface area (Å²) in [5.41, 5.74) is 5.71. The SMILES string of the molecule is NC(=S)c1ccc(Cl)cc1NC(=O)c1c(O)cccc1F. The number of rotatable bonds is 3. The van der Waals surface area contributed by atoms with Crippen LogP contribution in [0.4, 0.5) is 10.1 Å². The molecule has 2 aromatic carbocycles. The van der Waals surface area contributed by atoms with Gasteiger partial charge in [-0.2, -0.15) is 0 Å². The maximum absolute atomic E-state index is 13.6. The summed E-state index contributed by atoms with van der Waals surface area (Å²) in [5.74, 6) is -2.14. The molecule has 0 radical (unpaired) electrons. The summed E-state index contributed by atoms with van der Waals surface area (Å²) in [6.45, 7) is 0. The zero-order valence-electron chi connectivity index (χ0n) is 10.6. The number of hydrogen-bond acceptors (Lipinski definition) is 3. The van der Waals surface area contributed by atoms with Crippen LogP contribution in [-0.4, -0.2) is 16.0 Å². The zero-order chi connectivity index (χ0) is 15.6. The number of carbonyl (C=O) groups is 1. The van der Waals surface area contributed by atoms with E-state index in [2.05, 4.69) is 5.32 Å². The summed E-state index contributed by atoms with van der Waals surface area (Å²) in [6, 6.07) is 8.12. The molecule has 4 N–H and O–H groups in total. The van der Waals surface area contributed by atoms with Crippen LogP contribution >= 0.6 is 23.8 Å². The highest BCUT2D eigenvalue weighted by Crippen LogP contribution is 2.25. The van der Waals surface area contributed by atoms with Crippen molar-refractivity contribution in [2.45, 2.75) is 0 Å². The topological polar surface area (TPSA) is 75.3 Å². The van der Waals surface area contributed by atoms with Crippen LogP contribution in [0.5, 0.6) is 5.75 Å². The normalized spacial score (nSPS) is 10.2. The van der Waals surface area contributed by atoms with Crippen molar-refractivity contribution in [1.29, 1.82) is 0 Å². The lowest BCUT2D eigenvalue weighted by Gasteiger charge is -2.11. The van der Waals surface area contributed by atoms with E-state index in [9.17, 15) is 14.3 Å². The Kier molecular flexibility index (Phi) is 4.40. The van der Waals surface area contributed by atoms with Crippen LogP contribution in [0, 0.1) is 5.82 Å². The van der Waals surface area contributed by atoms with E-state index < -0.39 is 23.0 Å². The zero-order valence-corrected chi connectivity index (χ0v) is 12.1. The average Bonchev–Trinajstić information content (AvgIpc) is 2.38. The fraction of sp³-hybridized carbons (Fsp3) is 0. The summed E-state index contributed by atoms with van der Waals surface area (Å²) in [6.07, 6.45) is 0. The largest absolute Gasteiger partial charge is 0.507 e. The molecule has 0 aromatic heterocycles. The van der Waals surface area contributed by atoms with Crippen molar-refractivity contribution >= 4 is 40.4 Å². The van der Waals surface area contributed by atoms with Gasteiger partial charge in [0.25, 0.3) is 5.91 Å². The van der Waals surface area contributed by atoms with E-state index in [0.29, 0.717) is 10.6 Å². The number of nitrogens with two attached hydrogens (primary N) is 1. The molecule has 1 amide bonds. The van der Waals surface area contributed by atoms with Crippen LogP contribution < -0.4 is 11.1 Å². The monoisotopic (exact) mass is 324 g/mol. The van der Waals surface area contributed by atoms with Crippen molar-refractivity contribution < 1.29 is 14.3 Å². The third-order valence-electron chi connectivity index (χ3n) is 2.71. The summed E-state index contributed by atoms with van der Waals surface area (Å²) in [4.78, 5) is 12.2. The first-order valence-electron chi connectivity index (χ1n) is 5.78. The lowest BCUT2D eigenvalue weighted by atomic mass is 10.1. The molecule has 0 aliphatic heterocycles. The third-order valence-corrected chi connectivity index (χ3v) is 3.17. The van der Waals surface area contributed by atoms with Gasteiger partial charge in [0.1, 0.15) is 22.1 Å². The molecule has 0 fully saturated rings. The standard InChI is InChI=1S/C14H10ClFN2O2S/c15-7-4-5-8(13(17)21)10(6-7)18-14(20)12-9(16)2-1-3-11(12)19/h1-6,19H,(H2,17,21)(H,18,20). The van der Waals surface area contributed by atoms with Gasteiger partial charge in [-0.3, -0.25) is 4.79 Å². The number of phenolic OH excluding ortho intramolecular Hbond substituents is 1. The van der Waals surface area contributed by atoms with E-state index >= 15 is 0 Å². The van der Waals surface area contributed by atoms with Crippen LogP contribution in [0.1, 0.15) is 15.9 Å². The average molecular weight is 325 g/mol. The smallest absolute Gasteiger partial charge is 0.262 e. The lowest BCUT2D eigenvalue weighted by molar-refractivity contribution is 0.102. The summed E-state index contributed by atoms with van der Waals surface area (Å²) in [5, 5.41) is 12.4. The fourth-order valence-electron chi connectivity index (χ4n) is 1.76. The van der Waals surface area contributed by atoms with Gasteiger partial charge in [0.2, 0.25) is 0 Å². The highest BCUT2D eigenvalue weighted by Gasteiger charge is 2.18. The number of aromatic hydroxyl groups is 1. The maximum Gasteiger partial charge on any atom is 0.262 e. The molecule has 2 aromatic rings. The fourth-order valence-corrected chi connectivity index (χ4v) is 2.11. The molecule has 0 bridgehead atoms. The Morgan fingerprint density at radius 1 is 1.33 bits per heavy atom. The van der Waals surface area contributed by atoms with E-state index in [-0.39, 0.29) is 10.7 Å². The minimum atomic E-state index is -0.841. The maximum atomic E-state index is 13.6. The minimum Gasteiger partial charge on any atom is -0.507 e. The molecule has 0 saturated carbocycles. The van der Waals surface area contributed by atoms with E-state index in [1.807, 2.05) is 0 Å². The molecule has 4 nitrogen and oxygen atoms in total. The molecule has 7 heteroatoms. The van der Waals surface area contributed by atoms with Crippen molar-refractivity contribution in [2.24, 2.45) is 5.73 Å². The number of hydrogen-bond donors (Lipinski definition) is 3.